The minimum Gasteiger partial charge on any atom is -0.313 e. The van der Waals surface area contributed by atoms with Crippen LogP contribution in [0.25, 0.3) is 0 Å². The summed E-state index contributed by atoms with van der Waals surface area (Å²) >= 11 is 2.15. The van der Waals surface area contributed by atoms with Gasteiger partial charge in [-0.15, -0.1) is 0 Å². The number of hydrogen-bond donors (Lipinski definition) is 1. The topological polar surface area (TPSA) is 12.0 Å². The molecule has 0 saturated carbocycles. The zero-order valence-electron chi connectivity index (χ0n) is 9.99. The van der Waals surface area contributed by atoms with Gasteiger partial charge in [0.05, 0.1) is 0 Å². The summed E-state index contributed by atoms with van der Waals surface area (Å²) in [4.78, 5) is 0. The van der Waals surface area contributed by atoms with Crippen LogP contribution in [-0.4, -0.2) is 23.6 Å². The first-order chi connectivity index (χ1) is 7.90. The summed E-state index contributed by atoms with van der Waals surface area (Å²) in [7, 11) is 0. The van der Waals surface area contributed by atoms with Crippen LogP contribution in [0.5, 0.6) is 0 Å². The fourth-order valence-corrected chi connectivity index (χ4v) is 3.78. The summed E-state index contributed by atoms with van der Waals surface area (Å²) in [5, 5.41) is 4.47. The standard InChI is InChI=1S/C14H21NS/c1-2-15-13(14-9-6-10-16-14)11-12-7-4-3-5-8-12/h3-5,7-8,13-15H,2,6,9-11H2,1H3. The van der Waals surface area contributed by atoms with Gasteiger partial charge in [-0.25, -0.2) is 0 Å². The maximum atomic E-state index is 3.65. The monoisotopic (exact) mass is 235 g/mol. The van der Waals surface area contributed by atoms with Gasteiger partial charge in [0.1, 0.15) is 0 Å². The van der Waals surface area contributed by atoms with Crippen LogP contribution in [0.2, 0.25) is 0 Å². The molecule has 1 nitrogen and oxygen atoms in total. The lowest BCUT2D eigenvalue weighted by molar-refractivity contribution is 0.495. The molecule has 1 aliphatic heterocycles. The number of benzene rings is 1. The normalized spacial score (nSPS) is 22.2. The summed E-state index contributed by atoms with van der Waals surface area (Å²) in [6.07, 6.45) is 3.95. The van der Waals surface area contributed by atoms with E-state index >= 15 is 0 Å². The van der Waals surface area contributed by atoms with E-state index in [1.165, 1.54) is 30.6 Å². The number of rotatable bonds is 5. The van der Waals surface area contributed by atoms with Crippen LogP contribution in [0.1, 0.15) is 25.3 Å². The summed E-state index contributed by atoms with van der Waals surface area (Å²) in [5.41, 5.74) is 1.46. The zero-order chi connectivity index (χ0) is 11.2. The van der Waals surface area contributed by atoms with E-state index in [9.17, 15) is 0 Å². The van der Waals surface area contributed by atoms with Crippen molar-refractivity contribution >= 4 is 11.8 Å². The molecular formula is C14H21NS. The molecule has 1 aromatic carbocycles. The van der Waals surface area contributed by atoms with E-state index in [0.717, 1.165) is 11.8 Å². The Bertz CT molecular complexity index is 293. The molecule has 1 fully saturated rings. The van der Waals surface area contributed by atoms with Crippen molar-refractivity contribution in [2.24, 2.45) is 0 Å². The van der Waals surface area contributed by atoms with Gasteiger partial charge in [0.2, 0.25) is 0 Å². The quantitative estimate of drug-likeness (QED) is 0.841. The van der Waals surface area contributed by atoms with E-state index in [1.54, 1.807) is 0 Å². The molecule has 2 unspecified atom stereocenters. The lowest BCUT2D eigenvalue weighted by Crippen LogP contribution is -2.38. The first kappa shape index (κ1) is 12.0. The molecule has 1 aromatic rings. The SMILES string of the molecule is CCNC(Cc1ccccc1)C1CCCS1. The molecule has 88 valence electrons. The second-order valence-electron chi connectivity index (χ2n) is 4.41. The first-order valence-corrected chi connectivity index (χ1v) is 7.34. The molecule has 2 heteroatoms. The second kappa shape index (κ2) is 6.31. The van der Waals surface area contributed by atoms with E-state index in [2.05, 4.69) is 54.3 Å². The van der Waals surface area contributed by atoms with Gasteiger partial charge in [0, 0.05) is 11.3 Å². The number of likely N-dealkylation sites (N-methyl/N-ethyl adjacent to an activating group) is 1. The third kappa shape index (κ3) is 3.26. The lowest BCUT2D eigenvalue weighted by Gasteiger charge is -2.23. The van der Waals surface area contributed by atoms with Crippen LogP contribution in [-0.2, 0) is 6.42 Å². The highest BCUT2D eigenvalue weighted by Crippen LogP contribution is 2.30. The van der Waals surface area contributed by atoms with E-state index < -0.39 is 0 Å². The fraction of sp³-hybridized carbons (Fsp3) is 0.571. The molecule has 1 aliphatic rings. The third-order valence-corrected chi connectivity index (χ3v) is 4.70. The lowest BCUT2D eigenvalue weighted by atomic mass is 10.0. The Kier molecular flexibility index (Phi) is 4.73. The van der Waals surface area contributed by atoms with Gasteiger partial charge >= 0.3 is 0 Å². The number of thioether (sulfide) groups is 1. The van der Waals surface area contributed by atoms with Crippen molar-refractivity contribution in [1.82, 2.24) is 5.32 Å². The van der Waals surface area contributed by atoms with Gasteiger partial charge in [-0.05, 0) is 37.1 Å². The molecule has 1 heterocycles. The number of hydrogen-bond acceptors (Lipinski definition) is 2. The highest BCUT2D eigenvalue weighted by Gasteiger charge is 2.24. The van der Waals surface area contributed by atoms with E-state index in [-0.39, 0.29) is 0 Å². The van der Waals surface area contributed by atoms with Crippen molar-refractivity contribution in [3.63, 3.8) is 0 Å². The zero-order valence-corrected chi connectivity index (χ0v) is 10.8. The van der Waals surface area contributed by atoms with Gasteiger partial charge in [0.25, 0.3) is 0 Å². The van der Waals surface area contributed by atoms with Crippen molar-refractivity contribution in [3.8, 4) is 0 Å². The van der Waals surface area contributed by atoms with Gasteiger partial charge in [-0.1, -0.05) is 37.3 Å². The van der Waals surface area contributed by atoms with Crippen LogP contribution in [0.4, 0.5) is 0 Å². The first-order valence-electron chi connectivity index (χ1n) is 6.29. The Morgan fingerprint density at radius 1 is 1.38 bits per heavy atom. The predicted octanol–water partition coefficient (Wildman–Crippen LogP) is 3.10. The van der Waals surface area contributed by atoms with Gasteiger partial charge in [0.15, 0.2) is 0 Å². The summed E-state index contributed by atoms with van der Waals surface area (Å²) < 4.78 is 0. The highest BCUT2D eigenvalue weighted by atomic mass is 32.2. The summed E-state index contributed by atoms with van der Waals surface area (Å²) in [6, 6.07) is 11.5. The third-order valence-electron chi connectivity index (χ3n) is 3.18. The minimum atomic E-state index is 0.653. The van der Waals surface area contributed by atoms with Crippen LogP contribution in [0, 0.1) is 0 Å². The van der Waals surface area contributed by atoms with Crippen LogP contribution >= 0.6 is 11.8 Å². The van der Waals surface area contributed by atoms with Crippen LogP contribution in [0.3, 0.4) is 0 Å². The molecule has 0 radical (unpaired) electrons. The number of nitrogens with one attached hydrogen (secondary N) is 1. The maximum Gasteiger partial charge on any atom is 0.0226 e. The molecule has 0 spiro atoms. The smallest absolute Gasteiger partial charge is 0.0226 e. The minimum absolute atomic E-state index is 0.653. The largest absolute Gasteiger partial charge is 0.313 e. The molecule has 0 aromatic heterocycles. The Morgan fingerprint density at radius 2 is 2.19 bits per heavy atom. The van der Waals surface area contributed by atoms with Crippen molar-refractivity contribution in [3.05, 3.63) is 35.9 Å². The average molecular weight is 235 g/mol. The highest BCUT2D eigenvalue weighted by molar-refractivity contribution is 8.00. The Labute approximate surface area is 103 Å². The molecule has 2 atom stereocenters. The van der Waals surface area contributed by atoms with Crippen LogP contribution < -0.4 is 5.32 Å². The van der Waals surface area contributed by atoms with Gasteiger partial charge < -0.3 is 5.32 Å². The van der Waals surface area contributed by atoms with Crippen molar-refractivity contribution in [2.75, 3.05) is 12.3 Å². The predicted molar refractivity (Wildman–Crippen MR) is 73.1 cm³/mol. The summed E-state index contributed by atoms with van der Waals surface area (Å²) in [6.45, 7) is 3.28. The molecule has 16 heavy (non-hydrogen) atoms. The van der Waals surface area contributed by atoms with Crippen molar-refractivity contribution in [2.45, 2.75) is 37.5 Å². The molecule has 1 saturated heterocycles. The van der Waals surface area contributed by atoms with E-state index in [1.807, 2.05) is 0 Å². The Hall–Kier alpha value is -0.470. The van der Waals surface area contributed by atoms with Crippen molar-refractivity contribution < 1.29 is 0 Å². The fourth-order valence-electron chi connectivity index (χ4n) is 2.39. The summed E-state index contributed by atoms with van der Waals surface area (Å²) in [5.74, 6) is 1.35. The molecule has 0 aliphatic carbocycles. The molecular weight excluding hydrogens is 214 g/mol. The maximum absolute atomic E-state index is 3.65. The average Bonchev–Trinajstić information content (AvgIpc) is 2.83. The van der Waals surface area contributed by atoms with Crippen LogP contribution in [0.15, 0.2) is 30.3 Å². The Morgan fingerprint density at radius 3 is 2.81 bits per heavy atom. The molecule has 1 N–H and O–H groups in total. The molecule has 2 rings (SSSR count). The Balaban J connectivity index is 1.96. The molecule has 0 amide bonds. The van der Waals surface area contributed by atoms with Gasteiger partial charge in [-0.3, -0.25) is 0 Å². The second-order valence-corrected chi connectivity index (χ2v) is 5.75. The van der Waals surface area contributed by atoms with Gasteiger partial charge in [-0.2, -0.15) is 11.8 Å². The van der Waals surface area contributed by atoms with Crippen molar-refractivity contribution in [1.29, 1.82) is 0 Å². The van der Waals surface area contributed by atoms with E-state index in [4.69, 9.17) is 0 Å². The molecule has 0 bridgehead atoms. The van der Waals surface area contributed by atoms with E-state index in [0.29, 0.717) is 6.04 Å².